The van der Waals surface area contributed by atoms with E-state index in [-0.39, 0.29) is 0 Å². The molecule has 1 N–H and O–H groups in total. The average Bonchev–Trinajstić information content (AvgIpc) is 2.50. The van der Waals surface area contributed by atoms with Gasteiger partial charge >= 0.3 is 0 Å². The van der Waals surface area contributed by atoms with Crippen LogP contribution < -0.4 is 5.32 Å². The molecule has 128 valence electrons. The molecular formula is C15H33NO5. The van der Waals surface area contributed by atoms with Crippen molar-refractivity contribution in [2.45, 2.75) is 19.8 Å². The smallest absolute Gasteiger partial charge is 0.0701 e. The van der Waals surface area contributed by atoms with E-state index in [1.165, 1.54) is 6.42 Å². The first-order chi connectivity index (χ1) is 10.4. The van der Waals surface area contributed by atoms with Crippen molar-refractivity contribution in [2.24, 2.45) is 0 Å². The lowest BCUT2D eigenvalue weighted by Crippen LogP contribution is -2.25. The second-order valence-electron chi connectivity index (χ2n) is 4.55. The monoisotopic (exact) mass is 307 g/mol. The Morgan fingerprint density at radius 3 is 1.62 bits per heavy atom. The van der Waals surface area contributed by atoms with Crippen molar-refractivity contribution in [2.75, 3.05) is 79.7 Å². The molecule has 0 aromatic carbocycles. The number of unbranched alkanes of at least 4 members (excludes halogenated alkanes) is 1. The minimum atomic E-state index is 0.622. The van der Waals surface area contributed by atoms with E-state index in [9.17, 15) is 0 Å². The normalized spacial score (nSPS) is 11.1. The predicted octanol–water partition coefficient (Wildman–Crippen LogP) is 1.09. The summed E-state index contributed by atoms with van der Waals surface area (Å²) in [5.74, 6) is 0. The van der Waals surface area contributed by atoms with Crippen molar-refractivity contribution >= 4 is 0 Å². The lowest BCUT2D eigenvalue weighted by molar-refractivity contribution is 0.0143. The standard InChI is InChI=1S/C15H33NO5/c1-3-4-7-18-12-14-21-15-13-20-9-6-16-5-8-19-11-10-17-2/h16H,3-15H2,1-2H3. The maximum atomic E-state index is 5.43. The molecule has 0 heterocycles. The van der Waals surface area contributed by atoms with E-state index in [2.05, 4.69) is 12.2 Å². The zero-order valence-corrected chi connectivity index (χ0v) is 13.7. The summed E-state index contributed by atoms with van der Waals surface area (Å²) in [5, 5.41) is 3.24. The molecule has 6 heteroatoms. The van der Waals surface area contributed by atoms with Gasteiger partial charge in [0, 0.05) is 26.8 Å². The Morgan fingerprint density at radius 2 is 1.10 bits per heavy atom. The summed E-state index contributed by atoms with van der Waals surface area (Å²) < 4.78 is 26.4. The van der Waals surface area contributed by atoms with Crippen LogP contribution in [-0.4, -0.2) is 79.7 Å². The van der Waals surface area contributed by atoms with E-state index in [1.54, 1.807) is 7.11 Å². The molecule has 0 saturated carbocycles. The average molecular weight is 307 g/mol. The van der Waals surface area contributed by atoms with Crippen molar-refractivity contribution in [1.29, 1.82) is 0 Å². The summed E-state index contributed by atoms with van der Waals surface area (Å²) in [7, 11) is 1.67. The van der Waals surface area contributed by atoms with E-state index in [0.29, 0.717) is 52.9 Å². The van der Waals surface area contributed by atoms with E-state index < -0.39 is 0 Å². The molecule has 21 heavy (non-hydrogen) atoms. The van der Waals surface area contributed by atoms with E-state index in [0.717, 1.165) is 26.1 Å². The molecule has 0 aliphatic rings. The second kappa shape index (κ2) is 19.8. The van der Waals surface area contributed by atoms with Crippen molar-refractivity contribution in [3.63, 3.8) is 0 Å². The molecule has 0 aromatic rings. The summed E-state index contributed by atoms with van der Waals surface area (Å²) in [4.78, 5) is 0. The maximum absolute atomic E-state index is 5.43. The molecule has 0 rings (SSSR count). The van der Waals surface area contributed by atoms with Gasteiger partial charge in [0.15, 0.2) is 0 Å². The second-order valence-corrected chi connectivity index (χ2v) is 4.55. The lowest BCUT2D eigenvalue weighted by Gasteiger charge is -2.08. The van der Waals surface area contributed by atoms with Crippen LogP contribution in [0.3, 0.4) is 0 Å². The van der Waals surface area contributed by atoms with Gasteiger partial charge in [0.2, 0.25) is 0 Å². The zero-order valence-electron chi connectivity index (χ0n) is 13.7. The highest BCUT2D eigenvalue weighted by molar-refractivity contribution is 4.45. The fourth-order valence-electron chi connectivity index (χ4n) is 1.45. The Bertz CT molecular complexity index is 165. The molecule has 0 fully saturated rings. The van der Waals surface area contributed by atoms with Crippen molar-refractivity contribution < 1.29 is 23.7 Å². The van der Waals surface area contributed by atoms with Crippen molar-refractivity contribution in [3.05, 3.63) is 0 Å². The van der Waals surface area contributed by atoms with Gasteiger partial charge in [0.05, 0.1) is 52.9 Å². The first-order valence-corrected chi connectivity index (χ1v) is 7.92. The van der Waals surface area contributed by atoms with Gasteiger partial charge in [-0.3, -0.25) is 0 Å². The summed E-state index contributed by atoms with van der Waals surface area (Å²) in [6, 6.07) is 0. The van der Waals surface area contributed by atoms with Gasteiger partial charge in [-0.2, -0.15) is 0 Å². The highest BCUT2D eigenvalue weighted by Crippen LogP contribution is 1.88. The molecule has 0 saturated heterocycles. The quantitative estimate of drug-likeness (QED) is 0.383. The van der Waals surface area contributed by atoms with E-state index >= 15 is 0 Å². The van der Waals surface area contributed by atoms with Crippen LogP contribution in [-0.2, 0) is 23.7 Å². The van der Waals surface area contributed by atoms with Crippen molar-refractivity contribution in [3.8, 4) is 0 Å². The molecule has 0 spiro atoms. The van der Waals surface area contributed by atoms with Crippen LogP contribution in [0.25, 0.3) is 0 Å². The van der Waals surface area contributed by atoms with Crippen LogP contribution in [0.15, 0.2) is 0 Å². The highest BCUT2D eigenvalue weighted by atomic mass is 16.5. The molecular weight excluding hydrogens is 274 g/mol. The highest BCUT2D eigenvalue weighted by Gasteiger charge is 1.92. The Kier molecular flexibility index (Phi) is 19.5. The Labute approximate surface area is 129 Å². The van der Waals surface area contributed by atoms with E-state index in [4.69, 9.17) is 23.7 Å². The Morgan fingerprint density at radius 1 is 0.619 bits per heavy atom. The van der Waals surface area contributed by atoms with Crippen molar-refractivity contribution in [1.82, 2.24) is 5.32 Å². The molecule has 0 amide bonds. The molecule has 0 unspecified atom stereocenters. The van der Waals surface area contributed by atoms with Crippen LogP contribution in [0.1, 0.15) is 19.8 Å². The largest absolute Gasteiger partial charge is 0.382 e. The van der Waals surface area contributed by atoms with Crippen LogP contribution in [0.2, 0.25) is 0 Å². The molecule has 6 nitrogen and oxygen atoms in total. The first-order valence-electron chi connectivity index (χ1n) is 7.92. The number of methoxy groups -OCH3 is 1. The van der Waals surface area contributed by atoms with Crippen LogP contribution in [0, 0.1) is 0 Å². The summed E-state index contributed by atoms with van der Waals surface area (Å²) in [6.07, 6.45) is 2.29. The van der Waals surface area contributed by atoms with Gasteiger partial charge in [-0.05, 0) is 6.42 Å². The SMILES string of the molecule is CCCCOCCOCCOCCNCCOCCOC. The molecule has 0 aromatic heterocycles. The molecule has 0 aliphatic carbocycles. The maximum Gasteiger partial charge on any atom is 0.0701 e. The number of rotatable bonds is 18. The van der Waals surface area contributed by atoms with Gasteiger partial charge in [-0.25, -0.2) is 0 Å². The molecule has 0 atom stereocenters. The molecule has 0 bridgehead atoms. The van der Waals surface area contributed by atoms with Crippen LogP contribution in [0.5, 0.6) is 0 Å². The minimum absolute atomic E-state index is 0.622. The zero-order chi connectivity index (χ0) is 15.4. The van der Waals surface area contributed by atoms with Crippen LogP contribution >= 0.6 is 0 Å². The summed E-state index contributed by atoms with van der Waals surface area (Å²) in [5.41, 5.74) is 0. The number of nitrogens with one attached hydrogen (secondary N) is 1. The topological polar surface area (TPSA) is 58.2 Å². The third-order valence-electron chi connectivity index (χ3n) is 2.66. The fraction of sp³-hybridized carbons (Fsp3) is 1.00. The summed E-state index contributed by atoms with van der Waals surface area (Å²) >= 11 is 0. The number of hydrogen-bond acceptors (Lipinski definition) is 6. The third kappa shape index (κ3) is 19.8. The lowest BCUT2D eigenvalue weighted by atomic mass is 10.4. The fourth-order valence-corrected chi connectivity index (χ4v) is 1.45. The minimum Gasteiger partial charge on any atom is -0.382 e. The number of hydrogen-bond donors (Lipinski definition) is 1. The molecule has 0 radical (unpaired) electrons. The van der Waals surface area contributed by atoms with Gasteiger partial charge in [0.1, 0.15) is 0 Å². The van der Waals surface area contributed by atoms with Gasteiger partial charge in [-0.15, -0.1) is 0 Å². The third-order valence-corrected chi connectivity index (χ3v) is 2.66. The number of ether oxygens (including phenoxy) is 5. The summed E-state index contributed by atoms with van der Waals surface area (Å²) in [6.45, 7) is 9.89. The predicted molar refractivity (Wildman–Crippen MR) is 82.9 cm³/mol. The van der Waals surface area contributed by atoms with Gasteiger partial charge in [-0.1, -0.05) is 13.3 Å². The first kappa shape index (κ1) is 20.8. The van der Waals surface area contributed by atoms with Gasteiger partial charge in [0.25, 0.3) is 0 Å². The van der Waals surface area contributed by atoms with E-state index in [1.807, 2.05) is 0 Å². The molecule has 0 aliphatic heterocycles. The van der Waals surface area contributed by atoms with Crippen LogP contribution in [0.4, 0.5) is 0 Å². The van der Waals surface area contributed by atoms with Gasteiger partial charge < -0.3 is 29.0 Å². The Hall–Kier alpha value is -0.240. The Balaban J connectivity index is 2.90.